The van der Waals surface area contributed by atoms with E-state index in [1.54, 1.807) is 24.3 Å². The van der Waals surface area contributed by atoms with Gasteiger partial charge in [-0.05, 0) is 11.6 Å². The van der Waals surface area contributed by atoms with Crippen molar-refractivity contribution in [2.45, 2.75) is 5.75 Å². The van der Waals surface area contributed by atoms with Crippen molar-refractivity contribution in [2.24, 2.45) is 0 Å². The minimum absolute atomic E-state index is 0.0877. The van der Waals surface area contributed by atoms with Crippen LogP contribution in [0.2, 0.25) is 0 Å². The number of nitrogens with zero attached hydrogens (tertiary/aromatic N) is 1. The van der Waals surface area contributed by atoms with Crippen molar-refractivity contribution in [3.8, 4) is 0 Å². The first-order chi connectivity index (χ1) is 8.57. The Kier molecular flexibility index (Phi) is 3.47. The van der Waals surface area contributed by atoms with Crippen LogP contribution < -0.4 is 10.5 Å². The molecule has 0 saturated heterocycles. The summed E-state index contributed by atoms with van der Waals surface area (Å²) >= 11 is 0. The molecule has 0 fully saturated rings. The Morgan fingerprint density at radius 1 is 1.17 bits per heavy atom. The third-order valence-corrected chi connectivity index (χ3v) is 3.56. The molecule has 1 aromatic heterocycles. The average Bonchev–Trinajstić information content (AvgIpc) is 2.32. The summed E-state index contributed by atoms with van der Waals surface area (Å²) in [5.74, 6) is -0.0877. The van der Waals surface area contributed by atoms with Crippen molar-refractivity contribution in [1.29, 1.82) is 0 Å². The summed E-state index contributed by atoms with van der Waals surface area (Å²) in [6.45, 7) is 0. The third-order valence-electron chi connectivity index (χ3n) is 2.32. The molecule has 0 saturated carbocycles. The molecule has 0 aliphatic heterocycles. The minimum atomic E-state index is -3.47. The Bertz CT molecular complexity index is 627. The van der Waals surface area contributed by atoms with Gasteiger partial charge in [0.05, 0.1) is 23.3 Å². The second-order valence-corrected chi connectivity index (χ2v) is 5.53. The Morgan fingerprint density at radius 2 is 1.89 bits per heavy atom. The summed E-state index contributed by atoms with van der Waals surface area (Å²) in [5.41, 5.74) is 7.00. The summed E-state index contributed by atoms with van der Waals surface area (Å²) < 4.78 is 26.3. The van der Waals surface area contributed by atoms with Crippen LogP contribution in [-0.4, -0.2) is 13.4 Å². The van der Waals surface area contributed by atoms with E-state index in [1.807, 2.05) is 6.07 Å². The molecule has 0 unspecified atom stereocenters. The lowest BCUT2D eigenvalue weighted by Gasteiger charge is -2.09. The van der Waals surface area contributed by atoms with Crippen LogP contribution in [0.4, 0.5) is 11.4 Å². The van der Waals surface area contributed by atoms with Crippen molar-refractivity contribution in [3.05, 3.63) is 54.4 Å². The number of nitrogens with one attached hydrogen (secondary N) is 1. The zero-order valence-electron chi connectivity index (χ0n) is 9.58. The summed E-state index contributed by atoms with van der Waals surface area (Å²) in [6.07, 6.45) is 2.89. The highest BCUT2D eigenvalue weighted by Crippen LogP contribution is 2.18. The van der Waals surface area contributed by atoms with E-state index in [9.17, 15) is 8.42 Å². The average molecular weight is 263 g/mol. The zero-order chi connectivity index (χ0) is 13.0. The summed E-state index contributed by atoms with van der Waals surface area (Å²) in [5, 5.41) is 0. The van der Waals surface area contributed by atoms with Gasteiger partial charge in [0, 0.05) is 6.20 Å². The quantitative estimate of drug-likeness (QED) is 0.877. The minimum Gasteiger partial charge on any atom is -0.396 e. The van der Waals surface area contributed by atoms with Crippen LogP contribution in [-0.2, 0) is 15.8 Å². The normalized spacial score (nSPS) is 11.1. The lowest BCUT2D eigenvalue weighted by molar-refractivity contribution is 0.600. The van der Waals surface area contributed by atoms with Gasteiger partial charge in [0.25, 0.3) is 0 Å². The van der Waals surface area contributed by atoms with Gasteiger partial charge in [-0.15, -0.1) is 0 Å². The van der Waals surface area contributed by atoms with Gasteiger partial charge in [-0.3, -0.25) is 9.71 Å². The maximum absolute atomic E-state index is 11.9. The van der Waals surface area contributed by atoms with Crippen molar-refractivity contribution in [1.82, 2.24) is 4.98 Å². The highest BCUT2D eigenvalue weighted by Gasteiger charge is 2.12. The highest BCUT2D eigenvalue weighted by molar-refractivity contribution is 7.91. The van der Waals surface area contributed by atoms with E-state index in [-0.39, 0.29) is 5.75 Å². The van der Waals surface area contributed by atoms with Crippen LogP contribution in [0.3, 0.4) is 0 Å². The molecule has 18 heavy (non-hydrogen) atoms. The number of benzene rings is 1. The van der Waals surface area contributed by atoms with Gasteiger partial charge >= 0.3 is 0 Å². The van der Waals surface area contributed by atoms with E-state index >= 15 is 0 Å². The summed E-state index contributed by atoms with van der Waals surface area (Å²) in [7, 11) is -3.47. The molecular weight excluding hydrogens is 250 g/mol. The molecule has 0 radical (unpaired) electrons. The molecule has 0 aliphatic rings. The molecule has 0 bridgehead atoms. The predicted octanol–water partition coefficient (Wildman–Crippen LogP) is 1.61. The number of pyridine rings is 1. The first-order valence-corrected chi connectivity index (χ1v) is 6.96. The number of hydrogen-bond donors (Lipinski definition) is 2. The number of hydrogen-bond acceptors (Lipinski definition) is 4. The number of sulfonamides is 1. The van der Waals surface area contributed by atoms with E-state index in [4.69, 9.17) is 5.73 Å². The molecule has 2 rings (SSSR count). The smallest absolute Gasteiger partial charge is 0.236 e. The third kappa shape index (κ3) is 3.21. The molecule has 5 nitrogen and oxygen atoms in total. The van der Waals surface area contributed by atoms with Crippen molar-refractivity contribution in [2.75, 3.05) is 10.5 Å². The molecule has 1 heterocycles. The van der Waals surface area contributed by atoms with Gasteiger partial charge < -0.3 is 5.73 Å². The van der Waals surface area contributed by atoms with Gasteiger partial charge in [-0.1, -0.05) is 30.3 Å². The maximum atomic E-state index is 11.9. The highest BCUT2D eigenvalue weighted by atomic mass is 32.2. The van der Waals surface area contributed by atoms with Gasteiger partial charge in [0.15, 0.2) is 0 Å². The summed E-state index contributed by atoms with van der Waals surface area (Å²) in [6, 6.07) is 10.5. The molecule has 94 valence electrons. The first kappa shape index (κ1) is 12.4. The van der Waals surface area contributed by atoms with E-state index in [2.05, 4.69) is 9.71 Å². The first-order valence-electron chi connectivity index (χ1n) is 5.31. The molecule has 0 atom stereocenters. The second-order valence-electron chi connectivity index (χ2n) is 3.81. The van der Waals surface area contributed by atoms with Crippen LogP contribution in [0.5, 0.6) is 0 Å². The van der Waals surface area contributed by atoms with E-state index in [0.29, 0.717) is 11.4 Å². The number of anilines is 2. The van der Waals surface area contributed by atoms with E-state index in [0.717, 1.165) is 5.56 Å². The van der Waals surface area contributed by atoms with Crippen molar-refractivity contribution >= 4 is 21.4 Å². The second kappa shape index (κ2) is 5.05. The van der Waals surface area contributed by atoms with E-state index < -0.39 is 10.0 Å². The molecule has 2 aromatic rings. The Labute approximate surface area is 106 Å². The number of rotatable bonds is 4. The van der Waals surface area contributed by atoms with Crippen molar-refractivity contribution in [3.63, 3.8) is 0 Å². The molecule has 0 amide bonds. The van der Waals surface area contributed by atoms with Gasteiger partial charge in [0.1, 0.15) is 0 Å². The molecule has 0 spiro atoms. The molecular formula is C12H13N3O2S. The topological polar surface area (TPSA) is 85.1 Å². The fourth-order valence-electron chi connectivity index (χ4n) is 1.50. The maximum Gasteiger partial charge on any atom is 0.236 e. The van der Waals surface area contributed by atoms with Gasteiger partial charge in [-0.2, -0.15) is 0 Å². The Balaban J connectivity index is 2.16. The summed E-state index contributed by atoms with van der Waals surface area (Å²) in [4.78, 5) is 3.80. The monoisotopic (exact) mass is 263 g/mol. The van der Waals surface area contributed by atoms with E-state index in [1.165, 1.54) is 18.5 Å². The molecule has 0 aliphatic carbocycles. The van der Waals surface area contributed by atoms with Crippen LogP contribution in [0.15, 0.2) is 48.8 Å². The molecule has 1 aromatic carbocycles. The number of nitrogens with two attached hydrogens (primary N) is 1. The fraction of sp³-hybridized carbons (Fsp3) is 0.0833. The van der Waals surface area contributed by atoms with Gasteiger partial charge in [-0.25, -0.2) is 8.42 Å². The lowest BCUT2D eigenvalue weighted by atomic mass is 10.2. The fourth-order valence-corrected chi connectivity index (χ4v) is 2.72. The largest absolute Gasteiger partial charge is 0.396 e. The van der Waals surface area contributed by atoms with Crippen LogP contribution in [0.1, 0.15) is 5.56 Å². The van der Waals surface area contributed by atoms with Crippen molar-refractivity contribution < 1.29 is 8.42 Å². The molecule has 3 N–H and O–H groups in total. The Hall–Kier alpha value is -2.08. The lowest BCUT2D eigenvalue weighted by Crippen LogP contribution is -2.16. The van der Waals surface area contributed by atoms with Gasteiger partial charge in [0.2, 0.25) is 10.0 Å². The number of nitrogen functional groups attached to an aromatic ring is 1. The SMILES string of the molecule is Nc1cnccc1NS(=O)(=O)Cc1ccccc1. The zero-order valence-corrected chi connectivity index (χ0v) is 10.4. The van der Waals surface area contributed by atoms with Crippen LogP contribution in [0.25, 0.3) is 0 Å². The Morgan fingerprint density at radius 3 is 2.56 bits per heavy atom. The predicted molar refractivity (Wildman–Crippen MR) is 71.3 cm³/mol. The molecule has 6 heteroatoms. The van der Waals surface area contributed by atoms with Crippen LogP contribution >= 0.6 is 0 Å². The van der Waals surface area contributed by atoms with Crippen LogP contribution in [0, 0.1) is 0 Å². The standard InChI is InChI=1S/C12H13N3O2S/c13-11-8-14-7-6-12(11)15-18(16,17)9-10-4-2-1-3-5-10/h1-8H,9,13H2,(H,14,15). The number of aromatic nitrogens is 1.